The molecule has 13 heavy (non-hydrogen) atoms. The van der Waals surface area contributed by atoms with Gasteiger partial charge in [-0.1, -0.05) is 32.8 Å². The molecule has 1 rings (SSSR count). The van der Waals surface area contributed by atoms with Gasteiger partial charge in [0.15, 0.2) is 0 Å². The van der Waals surface area contributed by atoms with Crippen LogP contribution in [0.2, 0.25) is 0 Å². The first-order valence-electron chi connectivity index (χ1n) is 5.17. The summed E-state index contributed by atoms with van der Waals surface area (Å²) in [5.74, 6) is 0.869. The summed E-state index contributed by atoms with van der Waals surface area (Å²) >= 11 is 0. The lowest BCUT2D eigenvalue weighted by Gasteiger charge is -2.26. The van der Waals surface area contributed by atoms with E-state index < -0.39 is 0 Å². The van der Waals surface area contributed by atoms with Crippen molar-refractivity contribution in [1.29, 1.82) is 0 Å². The van der Waals surface area contributed by atoms with Crippen LogP contribution in [-0.4, -0.2) is 5.91 Å². The first kappa shape index (κ1) is 10.3. The molecular weight excluding hydrogens is 162 g/mol. The Morgan fingerprint density at radius 1 is 1.46 bits per heavy atom. The van der Waals surface area contributed by atoms with Crippen molar-refractivity contribution < 1.29 is 4.79 Å². The van der Waals surface area contributed by atoms with Gasteiger partial charge in [0.25, 0.3) is 0 Å². The van der Waals surface area contributed by atoms with Crippen LogP contribution in [-0.2, 0) is 4.79 Å². The molecule has 0 heterocycles. The van der Waals surface area contributed by atoms with E-state index in [-0.39, 0.29) is 11.8 Å². The maximum atomic E-state index is 11.5. The molecule has 0 saturated heterocycles. The van der Waals surface area contributed by atoms with Crippen LogP contribution >= 0.6 is 0 Å². The van der Waals surface area contributed by atoms with Crippen LogP contribution in [0.15, 0.2) is 12.8 Å². The normalized spacial score (nSPS) is 20.7. The van der Waals surface area contributed by atoms with Crippen LogP contribution in [0.1, 0.15) is 39.0 Å². The van der Waals surface area contributed by atoms with Crippen molar-refractivity contribution in [1.82, 2.24) is 5.32 Å². The van der Waals surface area contributed by atoms with Gasteiger partial charge < -0.3 is 5.32 Å². The van der Waals surface area contributed by atoms with Crippen LogP contribution in [0.5, 0.6) is 0 Å². The van der Waals surface area contributed by atoms with Gasteiger partial charge in [-0.15, -0.1) is 0 Å². The number of carbonyl (C=O) groups excluding carboxylic acids is 1. The van der Waals surface area contributed by atoms with Gasteiger partial charge in [0.05, 0.1) is 0 Å². The Balaban J connectivity index is 2.39. The fraction of sp³-hybridized carbons (Fsp3) is 0.727. The molecule has 1 amide bonds. The van der Waals surface area contributed by atoms with E-state index in [9.17, 15) is 4.79 Å². The first-order chi connectivity index (χ1) is 6.25. The Morgan fingerprint density at radius 3 is 2.62 bits per heavy atom. The smallest absolute Gasteiger partial charge is 0.227 e. The molecule has 1 atom stereocenters. The fourth-order valence-electron chi connectivity index (χ4n) is 2.08. The van der Waals surface area contributed by atoms with E-state index in [1.54, 1.807) is 0 Å². The zero-order chi connectivity index (χ0) is 9.68. The van der Waals surface area contributed by atoms with Crippen molar-refractivity contribution in [2.45, 2.75) is 39.0 Å². The van der Waals surface area contributed by atoms with Crippen molar-refractivity contribution in [2.75, 3.05) is 0 Å². The molecule has 1 unspecified atom stereocenters. The molecule has 0 bridgehead atoms. The average molecular weight is 181 g/mol. The Hall–Kier alpha value is -0.790. The number of nitrogens with one attached hydrogen (secondary N) is 1. The summed E-state index contributed by atoms with van der Waals surface area (Å²) in [6, 6.07) is 0. The lowest BCUT2D eigenvalue weighted by atomic mass is 9.80. The monoisotopic (exact) mass is 181 g/mol. The minimum Gasteiger partial charge on any atom is -0.333 e. The second-order valence-corrected chi connectivity index (χ2v) is 3.90. The van der Waals surface area contributed by atoms with Crippen molar-refractivity contribution in [3.8, 4) is 0 Å². The van der Waals surface area contributed by atoms with E-state index >= 15 is 0 Å². The lowest BCUT2D eigenvalue weighted by Crippen LogP contribution is -2.30. The zero-order valence-corrected chi connectivity index (χ0v) is 8.38. The predicted molar refractivity (Wildman–Crippen MR) is 54.1 cm³/mol. The van der Waals surface area contributed by atoms with Crippen LogP contribution in [0.3, 0.4) is 0 Å². The molecule has 1 aliphatic carbocycles. The Labute approximate surface area is 80.4 Å². The Kier molecular flexibility index (Phi) is 4.00. The van der Waals surface area contributed by atoms with E-state index in [0.717, 1.165) is 0 Å². The van der Waals surface area contributed by atoms with E-state index in [0.29, 0.717) is 5.92 Å². The highest BCUT2D eigenvalue weighted by Crippen LogP contribution is 2.29. The summed E-state index contributed by atoms with van der Waals surface area (Å²) in [5.41, 5.74) is 0. The molecule has 1 fully saturated rings. The number of amides is 1. The predicted octanol–water partition coefficient (Wildman–Crippen LogP) is 2.46. The quantitative estimate of drug-likeness (QED) is 0.712. The molecule has 1 N–H and O–H groups in total. The Bertz CT molecular complexity index is 183. The lowest BCUT2D eigenvalue weighted by molar-refractivity contribution is -0.125. The molecular formula is C11H19NO. The van der Waals surface area contributed by atoms with Gasteiger partial charge in [0.2, 0.25) is 5.91 Å². The molecule has 0 aromatic carbocycles. The maximum absolute atomic E-state index is 11.5. The van der Waals surface area contributed by atoms with Gasteiger partial charge in [0, 0.05) is 5.92 Å². The van der Waals surface area contributed by atoms with Gasteiger partial charge >= 0.3 is 0 Å². The molecule has 2 nitrogen and oxygen atoms in total. The summed E-state index contributed by atoms with van der Waals surface area (Å²) in [4.78, 5) is 11.5. The highest BCUT2D eigenvalue weighted by molar-refractivity contribution is 5.79. The van der Waals surface area contributed by atoms with Crippen LogP contribution < -0.4 is 5.32 Å². The first-order valence-corrected chi connectivity index (χ1v) is 5.17. The van der Waals surface area contributed by atoms with E-state index in [1.807, 2.05) is 6.92 Å². The highest BCUT2D eigenvalue weighted by atomic mass is 16.1. The summed E-state index contributed by atoms with van der Waals surface area (Å²) in [6.07, 6.45) is 7.82. The molecule has 74 valence electrons. The third kappa shape index (κ3) is 2.87. The minimum atomic E-state index is 0.127. The second-order valence-electron chi connectivity index (χ2n) is 3.90. The average Bonchev–Trinajstić information content (AvgIpc) is 2.18. The standard InChI is InChI=1S/C11H19NO/c1-3-12-11(13)9(2)10-7-5-4-6-8-10/h3,9-10H,1,4-8H2,2H3,(H,12,13). The summed E-state index contributed by atoms with van der Waals surface area (Å²) in [6.45, 7) is 5.52. The zero-order valence-electron chi connectivity index (χ0n) is 8.38. The van der Waals surface area contributed by atoms with Gasteiger partial charge in [-0.25, -0.2) is 0 Å². The SMILES string of the molecule is C=CNC(=O)C(C)C1CCCCC1. The van der Waals surface area contributed by atoms with Gasteiger partial charge in [-0.3, -0.25) is 4.79 Å². The van der Waals surface area contributed by atoms with Crippen LogP contribution in [0.4, 0.5) is 0 Å². The molecule has 1 aliphatic rings. The number of hydrogen-bond acceptors (Lipinski definition) is 1. The fourth-order valence-corrected chi connectivity index (χ4v) is 2.08. The van der Waals surface area contributed by atoms with Gasteiger partial charge in [-0.2, -0.15) is 0 Å². The summed E-state index contributed by atoms with van der Waals surface area (Å²) < 4.78 is 0. The number of hydrogen-bond donors (Lipinski definition) is 1. The molecule has 0 aromatic heterocycles. The van der Waals surface area contributed by atoms with Gasteiger partial charge in [0.1, 0.15) is 0 Å². The summed E-state index contributed by atoms with van der Waals surface area (Å²) in [5, 5.41) is 2.67. The maximum Gasteiger partial charge on any atom is 0.227 e. The van der Waals surface area contributed by atoms with Crippen molar-refractivity contribution in [3.63, 3.8) is 0 Å². The van der Waals surface area contributed by atoms with E-state index in [1.165, 1.54) is 38.3 Å². The molecule has 0 aromatic rings. The second kappa shape index (κ2) is 5.05. The third-order valence-corrected chi connectivity index (χ3v) is 3.01. The van der Waals surface area contributed by atoms with Crippen LogP contribution in [0.25, 0.3) is 0 Å². The minimum absolute atomic E-state index is 0.127. The third-order valence-electron chi connectivity index (χ3n) is 3.01. The molecule has 0 radical (unpaired) electrons. The van der Waals surface area contributed by atoms with Crippen molar-refractivity contribution in [2.24, 2.45) is 11.8 Å². The molecule has 0 aliphatic heterocycles. The van der Waals surface area contributed by atoms with Crippen molar-refractivity contribution >= 4 is 5.91 Å². The largest absolute Gasteiger partial charge is 0.333 e. The van der Waals surface area contributed by atoms with E-state index in [4.69, 9.17) is 0 Å². The molecule has 2 heteroatoms. The van der Waals surface area contributed by atoms with Crippen LogP contribution in [0, 0.1) is 11.8 Å². The Morgan fingerprint density at radius 2 is 2.08 bits per heavy atom. The van der Waals surface area contributed by atoms with Gasteiger partial charge in [-0.05, 0) is 25.0 Å². The molecule has 1 saturated carbocycles. The summed E-state index contributed by atoms with van der Waals surface area (Å²) in [7, 11) is 0. The number of carbonyl (C=O) groups is 1. The topological polar surface area (TPSA) is 29.1 Å². The van der Waals surface area contributed by atoms with Crippen molar-refractivity contribution in [3.05, 3.63) is 12.8 Å². The molecule has 0 spiro atoms. The highest BCUT2D eigenvalue weighted by Gasteiger charge is 2.24. The van der Waals surface area contributed by atoms with E-state index in [2.05, 4.69) is 11.9 Å². The number of rotatable bonds is 3.